The highest BCUT2D eigenvalue weighted by Crippen LogP contribution is 2.24. The zero-order valence-electron chi connectivity index (χ0n) is 12.4. The summed E-state index contributed by atoms with van der Waals surface area (Å²) < 4.78 is 6.65. The first kappa shape index (κ1) is 14.3. The molecule has 0 saturated carbocycles. The molecule has 0 saturated heterocycles. The van der Waals surface area contributed by atoms with Crippen LogP contribution in [0.25, 0.3) is 0 Å². The molecule has 0 bridgehead atoms. The van der Waals surface area contributed by atoms with Crippen LogP contribution in [0.3, 0.4) is 0 Å². The molecule has 0 spiro atoms. The normalized spacial score (nSPS) is 17.2. The summed E-state index contributed by atoms with van der Waals surface area (Å²) in [5, 5.41) is 9.73. The second kappa shape index (κ2) is 5.63. The first-order valence-electron chi connectivity index (χ1n) is 7.11. The molecule has 8 nitrogen and oxygen atoms in total. The van der Waals surface area contributed by atoms with Gasteiger partial charge in [0.1, 0.15) is 11.8 Å². The van der Waals surface area contributed by atoms with Crippen molar-refractivity contribution in [1.29, 1.82) is 0 Å². The average Bonchev–Trinajstić information content (AvgIpc) is 3.12. The maximum absolute atomic E-state index is 12.4. The lowest BCUT2D eigenvalue weighted by atomic mass is 10.1. The Morgan fingerprint density at radius 2 is 2.41 bits per heavy atom. The van der Waals surface area contributed by atoms with Gasteiger partial charge in [-0.3, -0.25) is 14.9 Å². The van der Waals surface area contributed by atoms with Crippen LogP contribution in [0.2, 0.25) is 0 Å². The Bertz CT molecular complexity index is 689. The van der Waals surface area contributed by atoms with Crippen molar-refractivity contribution in [2.24, 2.45) is 0 Å². The van der Waals surface area contributed by atoms with E-state index < -0.39 is 6.04 Å². The highest BCUT2D eigenvalue weighted by Gasteiger charge is 2.33. The Balaban J connectivity index is 1.78. The number of carbonyl (C=O) groups is 2. The summed E-state index contributed by atoms with van der Waals surface area (Å²) in [5.41, 5.74) is 0. The van der Waals surface area contributed by atoms with Crippen LogP contribution < -0.4 is 10.6 Å². The van der Waals surface area contributed by atoms with Crippen LogP contribution in [-0.4, -0.2) is 26.6 Å². The summed E-state index contributed by atoms with van der Waals surface area (Å²) >= 11 is 0. The molecule has 2 aromatic rings. The van der Waals surface area contributed by atoms with Crippen LogP contribution in [0.1, 0.15) is 43.8 Å². The largest absolute Gasteiger partial charge is 0.467 e. The number of furan rings is 1. The van der Waals surface area contributed by atoms with Crippen molar-refractivity contribution in [3.05, 3.63) is 30.0 Å². The van der Waals surface area contributed by atoms with Crippen molar-refractivity contribution in [3.63, 3.8) is 0 Å². The summed E-state index contributed by atoms with van der Waals surface area (Å²) in [7, 11) is 0. The minimum Gasteiger partial charge on any atom is -0.467 e. The molecule has 0 aromatic carbocycles. The molecule has 2 amide bonds. The summed E-state index contributed by atoms with van der Waals surface area (Å²) in [6.45, 7) is 4.18. The highest BCUT2D eigenvalue weighted by atomic mass is 16.3. The lowest BCUT2D eigenvalue weighted by Crippen LogP contribution is -2.39. The van der Waals surface area contributed by atoms with E-state index in [1.807, 2.05) is 13.8 Å². The number of nitrogens with zero attached hydrogens (tertiary/aromatic N) is 3. The van der Waals surface area contributed by atoms with Gasteiger partial charge in [-0.25, -0.2) is 4.68 Å². The molecule has 2 aromatic heterocycles. The minimum atomic E-state index is -0.696. The van der Waals surface area contributed by atoms with E-state index in [4.69, 9.17) is 4.42 Å². The van der Waals surface area contributed by atoms with Gasteiger partial charge in [-0.1, -0.05) is 13.8 Å². The minimum absolute atomic E-state index is 0.0396. The molecule has 1 aliphatic rings. The van der Waals surface area contributed by atoms with E-state index in [0.717, 1.165) is 0 Å². The topological polar surface area (TPSA) is 102 Å². The van der Waals surface area contributed by atoms with Gasteiger partial charge < -0.3 is 9.73 Å². The number of aromatic nitrogens is 3. The Hall–Kier alpha value is -2.64. The molecule has 0 fully saturated rings. The lowest BCUT2D eigenvalue weighted by molar-refractivity contribution is -0.129. The summed E-state index contributed by atoms with van der Waals surface area (Å²) in [6.07, 6.45) is 1.58. The Morgan fingerprint density at radius 3 is 3.09 bits per heavy atom. The van der Waals surface area contributed by atoms with Crippen LogP contribution in [-0.2, 0) is 16.1 Å². The van der Waals surface area contributed by atoms with Gasteiger partial charge >= 0.3 is 0 Å². The molecule has 3 rings (SSSR count). The molecular weight excluding hydrogens is 286 g/mol. The van der Waals surface area contributed by atoms with Crippen LogP contribution in [0.5, 0.6) is 0 Å². The van der Waals surface area contributed by atoms with Crippen LogP contribution >= 0.6 is 0 Å². The average molecular weight is 303 g/mol. The molecule has 2 N–H and O–H groups in total. The molecule has 116 valence electrons. The maximum atomic E-state index is 12.4. The van der Waals surface area contributed by atoms with E-state index in [-0.39, 0.29) is 30.7 Å². The predicted octanol–water partition coefficient (Wildman–Crippen LogP) is 1.19. The number of nitrogens with one attached hydrogen (secondary N) is 2. The quantitative estimate of drug-likeness (QED) is 0.883. The van der Waals surface area contributed by atoms with Gasteiger partial charge in [-0.2, -0.15) is 10.1 Å². The number of hydrogen-bond donors (Lipinski definition) is 2. The molecule has 1 atom stereocenters. The smallest absolute Gasteiger partial charge is 0.245 e. The molecule has 1 unspecified atom stereocenters. The third kappa shape index (κ3) is 2.72. The molecule has 1 aliphatic heterocycles. The molecule has 3 heterocycles. The molecule has 8 heteroatoms. The van der Waals surface area contributed by atoms with Gasteiger partial charge in [-0.05, 0) is 12.1 Å². The van der Waals surface area contributed by atoms with Crippen molar-refractivity contribution in [3.8, 4) is 0 Å². The summed E-state index contributed by atoms with van der Waals surface area (Å²) in [4.78, 5) is 28.4. The van der Waals surface area contributed by atoms with E-state index in [1.54, 1.807) is 18.4 Å². The fraction of sp³-hybridized carbons (Fsp3) is 0.429. The van der Waals surface area contributed by atoms with E-state index in [1.165, 1.54) is 4.68 Å². The van der Waals surface area contributed by atoms with Crippen LogP contribution in [0.15, 0.2) is 22.8 Å². The number of amides is 2. The fourth-order valence-corrected chi connectivity index (χ4v) is 2.23. The van der Waals surface area contributed by atoms with Gasteiger partial charge in [0, 0.05) is 5.92 Å². The monoisotopic (exact) mass is 303 g/mol. The molecule has 0 radical (unpaired) electrons. The van der Waals surface area contributed by atoms with Gasteiger partial charge in [0.2, 0.25) is 17.8 Å². The van der Waals surface area contributed by atoms with Crippen LogP contribution in [0.4, 0.5) is 5.95 Å². The molecular formula is C14H17N5O3. The van der Waals surface area contributed by atoms with Crippen molar-refractivity contribution in [1.82, 2.24) is 20.1 Å². The number of rotatable bonds is 4. The predicted molar refractivity (Wildman–Crippen MR) is 76.9 cm³/mol. The van der Waals surface area contributed by atoms with E-state index in [0.29, 0.717) is 17.5 Å². The van der Waals surface area contributed by atoms with Crippen molar-refractivity contribution in [2.45, 2.75) is 38.8 Å². The highest BCUT2D eigenvalue weighted by molar-refractivity contribution is 5.96. The third-order valence-electron chi connectivity index (χ3n) is 3.41. The standard InChI is InChI=1S/C14H17N5O3/c1-8(2)12-17-14-16-11(20)6-10(19(14)18-12)13(21)15-7-9-4-3-5-22-9/h3-5,8,10H,6-7H2,1-2H3,(H,15,21)(H,16,17,18,20). The zero-order chi connectivity index (χ0) is 15.7. The second-order valence-corrected chi connectivity index (χ2v) is 5.46. The first-order chi connectivity index (χ1) is 10.5. The zero-order valence-corrected chi connectivity index (χ0v) is 12.4. The molecule has 0 aliphatic carbocycles. The number of hydrogen-bond acceptors (Lipinski definition) is 5. The van der Waals surface area contributed by atoms with E-state index in [9.17, 15) is 9.59 Å². The van der Waals surface area contributed by atoms with Crippen molar-refractivity contribution in [2.75, 3.05) is 5.32 Å². The third-order valence-corrected chi connectivity index (χ3v) is 3.41. The Morgan fingerprint density at radius 1 is 1.59 bits per heavy atom. The summed E-state index contributed by atoms with van der Waals surface area (Å²) in [5.74, 6) is 1.15. The van der Waals surface area contributed by atoms with Crippen LogP contribution in [0, 0.1) is 0 Å². The lowest BCUT2D eigenvalue weighted by Gasteiger charge is -2.22. The van der Waals surface area contributed by atoms with Gasteiger partial charge in [0.15, 0.2) is 5.82 Å². The fourth-order valence-electron chi connectivity index (χ4n) is 2.23. The second-order valence-electron chi connectivity index (χ2n) is 5.46. The number of anilines is 1. The SMILES string of the molecule is CC(C)c1nc2n(n1)C(C(=O)NCc1ccco1)CC(=O)N2. The number of carbonyl (C=O) groups excluding carboxylic acids is 2. The van der Waals surface area contributed by atoms with E-state index in [2.05, 4.69) is 20.7 Å². The first-order valence-corrected chi connectivity index (χ1v) is 7.11. The summed E-state index contributed by atoms with van der Waals surface area (Å²) in [6, 6.07) is 2.82. The number of fused-ring (bicyclic) bond motifs is 1. The van der Waals surface area contributed by atoms with Crippen molar-refractivity contribution >= 4 is 17.8 Å². The molecule has 22 heavy (non-hydrogen) atoms. The van der Waals surface area contributed by atoms with Gasteiger partial charge in [0.05, 0.1) is 19.2 Å². The van der Waals surface area contributed by atoms with E-state index >= 15 is 0 Å². The maximum Gasteiger partial charge on any atom is 0.245 e. The Kier molecular flexibility index (Phi) is 3.66. The van der Waals surface area contributed by atoms with Gasteiger partial charge in [-0.15, -0.1) is 0 Å². The van der Waals surface area contributed by atoms with Crippen molar-refractivity contribution < 1.29 is 14.0 Å². The Labute approximate surface area is 126 Å². The van der Waals surface area contributed by atoms with Gasteiger partial charge in [0.25, 0.3) is 0 Å².